The molecule has 0 spiro atoms. The molecule has 2 aromatic heterocycles. The summed E-state index contributed by atoms with van der Waals surface area (Å²) in [6, 6.07) is 20.3. The molecule has 0 aliphatic rings. The first-order chi connectivity index (χ1) is 11.8. The molecule has 4 rings (SSSR count). The number of para-hydroxylation sites is 1. The van der Waals surface area contributed by atoms with Crippen molar-refractivity contribution >= 4 is 29.4 Å². The van der Waals surface area contributed by atoms with E-state index in [1.807, 2.05) is 50.4 Å². The lowest BCUT2D eigenvalue weighted by Crippen LogP contribution is -2.01. The van der Waals surface area contributed by atoms with Gasteiger partial charge in [0.15, 0.2) is 17.0 Å². The van der Waals surface area contributed by atoms with Crippen LogP contribution in [0.3, 0.4) is 0 Å². The van der Waals surface area contributed by atoms with E-state index >= 15 is 0 Å². The van der Waals surface area contributed by atoms with Crippen molar-refractivity contribution < 1.29 is 0 Å². The first-order valence-corrected chi connectivity index (χ1v) is 7.83. The summed E-state index contributed by atoms with van der Waals surface area (Å²) in [7, 11) is 1.85. The molecule has 0 radical (unpaired) electrons. The quantitative estimate of drug-likeness (QED) is 0.599. The van der Waals surface area contributed by atoms with Gasteiger partial charge in [-0.1, -0.05) is 48.5 Å². The summed E-state index contributed by atoms with van der Waals surface area (Å²) < 4.78 is 2.08. The van der Waals surface area contributed by atoms with Crippen LogP contribution in [0.1, 0.15) is 5.82 Å². The molecular weight excluding hydrogens is 334 g/mol. The predicted molar refractivity (Wildman–Crippen MR) is 104 cm³/mol. The van der Waals surface area contributed by atoms with E-state index in [1.165, 1.54) is 0 Å². The maximum atomic E-state index is 4.85. The van der Waals surface area contributed by atoms with Crippen molar-refractivity contribution in [2.45, 2.75) is 6.92 Å². The van der Waals surface area contributed by atoms with Crippen molar-refractivity contribution in [1.82, 2.24) is 19.5 Å². The predicted octanol–water partition coefficient (Wildman–Crippen LogP) is 4.25. The lowest BCUT2D eigenvalue weighted by molar-refractivity contribution is 1.03. The molecule has 0 aliphatic carbocycles. The van der Waals surface area contributed by atoms with E-state index in [9.17, 15) is 0 Å². The second kappa shape index (κ2) is 6.91. The number of benzene rings is 2. The normalized spacial score (nSPS) is 10.5. The minimum Gasteiger partial charge on any atom is -0.371 e. The number of aromatic nitrogens is 4. The first kappa shape index (κ1) is 16.9. The molecule has 0 amide bonds. The van der Waals surface area contributed by atoms with Crippen LogP contribution >= 0.6 is 12.4 Å². The summed E-state index contributed by atoms with van der Waals surface area (Å²) in [4.78, 5) is 14.0. The third kappa shape index (κ3) is 2.94. The van der Waals surface area contributed by atoms with Gasteiger partial charge >= 0.3 is 0 Å². The molecule has 0 bridgehead atoms. The van der Waals surface area contributed by atoms with Crippen LogP contribution in [0.4, 0.5) is 5.82 Å². The largest absolute Gasteiger partial charge is 0.371 e. The molecule has 0 aliphatic heterocycles. The second-order valence-electron chi connectivity index (χ2n) is 5.51. The molecule has 1 N–H and O–H groups in total. The van der Waals surface area contributed by atoms with Gasteiger partial charge in [-0.25, -0.2) is 15.0 Å². The van der Waals surface area contributed by atoms with Crippen molar-refractivity contribution in [1.29, 1.82) is 0 Å². The van der Waals surface area contributed by atoms with E-state index in [0.29, 0.717) is 5.82 Å². The molecule has 5 nitrogen and oxygen atoms in total. The molecule has 0 atom stereocenters. The number of rotatable bonds is 3. The fraction of sp³-hybridized carbons (Fsp3) is 0.105. The van der Waals surface area contributed by atoms with E-state index < -0.39 is 0 Å². The van der Waals surface area contributed by atoms with Crippen molar-refractivity contribution in [2.24, 2.45) is 0 Å². The highest BCUT2D eigenvalue weighted by molar-refractivity contribution is 5.88. The summed E-state index contributed by atoms with van der Waals surface area (Å²) >= 11 is 0. The van der Waals surface area contributed by atoms with Crippen LogP contribution < -0.4 is 5.32 Å². The zero-order chi connectivity index (χ0) is 16.5. The minimum absolute atomic E-state index is 0. The van der Waals surface area contributed by atoms with Gasteiger partial charge in [-0.3, -0.25) is 4.57 Å². The fourth-order valence-electron chi connectivity index (χ4n) is 2.84. The SMILES string of the molecule is CNc1nc(C)nc2c1nc(-c1ccccc1)n2-c1ccccc1.Cl. The van der Waals surface area contributed by atoms with Gasteiger partial charge in [-0.2, -0.15) is 0 Å². The molecule has 0 fully saturated rings. The Morgan fingerprint density at radius 3 is 2.12 bits per heavy atom. The van der Waals surface area contributed by atoms with Gasteiger partial charge in [0.25, 0.3) is 0 Å². The standard InChI is InChI=1S/C19H17N5.ClH/c1-13-21-17(20-2)16-19(22-13)24(15-11-7-4-8-12-15)18(23-16)14-9-5-3-6-10-14;/h3-12H,1-2H3,(H,20,21,22);1H. The van der Waals surface area contributed by atoms with E-state index in [2.05, 4.69) is 44.1 Å². The topological polar surface area (TPSA) is 55.6 Å². The fourth-order valence-corrected chi connectivity index (χ4v) is 2.84. The monoisotopic (exact) mass is 351 g/mol. The molecule has 0 unspecified atom stereocenters. The zero-order valence-electron chi connectivity index (χ0n) is 14.0. The Morgan fingerprint density at radius 1 is 0.840 bits per heavy atom. The maximum absolute atomic E-state index is 4.85. The molecule has 126 valence electrons. The lowest BCUT2D eigenvalue weighted by atomic mass is 10.2. The number of nitrogens with one attached hydrogen (secondary N) is 1. The van der Waals surface area contributed by atoms with Crippen molar-refractivity contribution in [2.75, 3.05) is 12.4 Å². The number of hydrogen-bond donors (Lipinski definition) is 1. The van der Waals surface area contributed by atoms with Gasteiger partial charge in [-0.15, -0.1) is 12.4 Å². The molecule has 0 saturated heterocycles. The number of anilines is 1. The molecule has 6 heteroatoms. The van der Waals surface area contributed by atoms with Crippen LogP contribution in [-0.4, -0.2) is 26.6 Å². The summed E-state index contributed by atoms with van der Waals surface area (Å²) in [6.07, 6.45) is 0. The lowest BCUT2D eigenvalue weighted by Gasteiger charge is -2.09. The van der Waals surface area contributed by atoms with Crippen molar-refractivity contribution in [3.05, 3.63) is 66.5 Å². The molecule has 0 saturated carbocycles. The molecular formula is C19H18ClN5. The highest BCUT2D eigenvalue weighted by Gasteiger charge is 2.18. The molecule has 2 aromatic carbocycles. The van der Waals surface area contributed by atoms with E-state index in [1.54, 1.807) is 0 Å². The smallest absolute Gasteiger partial charge is 0.170 e. The van der Waals surface area contributed by atoms with E-state index in [4.69, 9.17) is 4.98 Å². The third-order valence-electron chi connectivity index (χ3n) is 3.90. The Bertz CT molecular complexity index is 997. The Hall–Kier alpha value is -2.92. The Balaban J connectivity index is 0.00000182. The van der Waals surface area contributed by atoms with Gasteiger partial charge < -0.3 is 5.32 Å². The average Bonchev–Trinajstić information content (AvgIpc) is 3.01. The Kier molecular flexibility index (Phi) is 4.67. The van der Waals surface area contributed by atoms with Gasteiger partial charge in [0.2, 0.25) is 0 Å². The van der Waals surface area contributed by atoms with Crippen molar-refractivity contribution in [3.63, 3.8) is 0 Å². The van der Waals surface area contributed by atoms with Crippen LogP contribution in [0.2, 0.25) is 0 Å². The van der Waals surface area contributed by atoms with Crippen molar-refractivity contribution in [3.8, 4) is 17.1 Å². The number of imidazole rings is 1. The average molecular weight is 352 g/mol. The van der Waals surface area contributed by atoms with Crippen LogP contribution in [0.15, 0.2) is 60.7 Å². The number of aryl methyl sites for hydroxylation is 1. The number of fused-ring (bicyclic) bond motifs is 1. The van der Waals surface area contributed by atoms with E-state index in [-0.39, 0.29) is 12.4 Å². The van der Waals surface area contributed by atoms with E-state index in [0.717, 1.165) is 34.1 Å². The summed E-state index contributed by atoms with van der Waals surface area (Å²) in [5.74, 6) is 2.31. The molecule has 4 aromatic rings. The summed E-state index contributed by atoms with van der Waals surface area (Å²) in [6.45, 7) is 1.89. The molecule has 25 heavy (non-hydrogen) atoms. The Morgan fingerprint density at radius 2 is 1.48 bits per heavy atom. The number of nitrogens with zero attached hydrogens (tertiary/aromatic N) is 4. The number of halogens is 1. The first-order valence-electron chi connectivity index (χ1n) is 7.83. The maximum Gasteiger partial charge on any atom is 0.170 e. The highest BCUT2D eigenvalue weighted by Crippen LogP contribution is 2.30. The van der Waals surface area contributed by atoms with Gasteiger partial charge in [0.1, 0.15) is 11.6 Å². The van der Waals surface area contributed by atoms with Gasteiger partial charge in [-0.05, 0) is 19.1 Å². The third-order valence-corrected chi connectivity index (χ3v) is 3.90. The van der Waals surface area contributed by atoms with Crippen LogP contribution in [0, 0.1) is 6.92 Å². The number of hydrogen-bond acceptors (Lipinski definition) is 4. The summed E-state index contributed by atoms with van der Waals surface area (Å²) in [5, 5.41) is 3.13. The highest BCUT2D eigenvalue weighted by atomic mass is 35.5. The van der Waals surface area contributed by atoms with Gasteiger partial charge in [0.05, 0.1) is 0 Å². The Labute approximate surface area is 152 Å². The van der Waals surface area contributed by atoms with Crippen LogP contribution in [0.25, 0.3) is 28.2 Å². The second-order valence-corrected chi connectivity index (χ2v) is 5.51. The van der Waals surface area contributed by atoms with Gasteiger partial charge in [0, 0.05) is 18.3 Å². The zero-order valence-corrected chi connectivity index (χ0v) is 14.8. The minimum atomic E-state index is 0. The van der Waals surface area contributed by atoms with Crippen LogP contribution in [-0.2, 0) is 0 Å². The molecule has 2 heterocycles. The van der Waals surface area contributed by atoms with Crippen LogP contribution in [0.5, 0.6) is 0 Å². The summed E-state index contributed by atoms with van der Waals surface area (Å²) in [5.41, 5.74) is 3.64.